The monoisotopic (exact) mass is 360 g/mol. The summed E-state index contributed by atoms with van der Waals surface area (Å²) in [7, 11) is 0. The lowest BCUT2D eigenvalue weighted by atomic mass is 10.3. The fourth-order valence-corrected chi connectivity index (χ4v) is 2.71. The average Bonchev–Trinajstić information content (AvgIpc) is 2.65. The highest BCUT2D eigenvalue weighted by Crippen LogP contribution is 2.23. The molecule has 6 heteroatoms. The van der Waals surface area contributed by atoms with Crippen molar-refractivity contribution in [3.8, 4) is 0 Å². The SMILES string of the molecule is CC(C)OCCCCn1c(=S)[nH]c2cc(Br)c(F)cc21. The number of H-pyrrole nitrogens is 1. The Morgan fingerprint density at radius 2 is 2.15 bits per heavy atom. The molecule has 0 spiro atoms. The first kappa shape index (κ1) is 15.7. The first-order valence-electron chi connectivity index (χ1n) is 6.68. The molecule has 0 saturated carbocycles. The van der Waals surface area contributed by atoms with E-state index in [-0.39, 0.29) is 11.9 Å². The van der Waals surface area contributed by atoms with E-state index < -0.39 is 0 Å². The Hall–Kier alpha value is -0.720. The lowest BCUT2D eigenvalue weighted by Gasteiger charge is -2.08. The highest BCUT2D eigenvalue weighted by molar-refractivity contribution is 9.10. The minimum absolute atomic E-state index is 0.261. The first-order valence-corrected chi connectivity index (χ1v) is 7.88. The Kier molecular flexibility index (Phi) is 5.35. The maximum atomic E-state index is 13.6. The third kappa shape index (κ3) is 3.68. The van der Waals surface area contributed by atoms with E-state index in [0.29, 0.717) is 9.24 Å². The third-order valence-electron chi connectivity index (χ3n) is 3.04. The summed E-state index contributed by atoms with van der Waals surface area (Å²) in [6.07, 6.45) is 2.17. The Balaban J connectivity index is 2.08. The molecule has 0 bridgehead atoms. The lowest BCUT2D eigenvalue weighted by molar-refractivity contribution is 0.0754. The van der Waals surface area contributed by atoms with E-state index in [0.717, 1.165) is 37.0 Å². The second kappa shape index (κ2) is 6.83. The smallest absolute Gasteiger partial charge is 0.178 e. The van der Waals surface area contributed by atoms with Crippen LogP contribution in [0.4, 0.5) is 4.39 Å². The molecule has 0 atom stereocenters. The molecule has 0 radical (unpaired) electrons. The van der Waals surface area contributed by atoms with E-state index in [9.17, 15) is 4.39 Å². The number of aromatic nitrogens is 2. The van der Waals surface area contributed by atoms with Gasteiger partial charge in [0.1, 0.15) is 5.82 Å². The molecule has 20 heavy (non-hydrogen) atoms. The molecule has 0 fully saturated rings. The number of aromatic amines is 1. The van der Waals surface area contributed by atoms with Gasteiger partial charge in [-0.15, -0.1) is 0 Å². The average molecular weight is 361 g/mol. The second-order valence-electron chi connectivity index (χ2n) is 4.99. The highest BCUT2D eigenvalue weighted by Gasteiger charge is 2.08. The Bertz CT molecular complexity index is 650. The zero-order valence-corrected chi connectivity index (χ0v) is 14.0. The molecule has 0 aliphatic rings. The minimum Gasteiger partial charge on any atom is -0.379 e. The van der Waals surface area contributed by atoms with E-state index in [1.807, 2.05) is 18.4 Å². The van der Waals surface area contributed by atoms with E-state index >= 15 is 0 Å². The number of unbranched alkanes of at least 4 members (excludes halogenated alkanes) is 1. The predicted octanol–water partition coefficient (Wildman–Crippen LogP) is 4.81. The number of imidazole rings is 1. The highest BCUT2D eigenvalue weighted by atomic mass is 79.9. The largest absolute Gasteiger partial charge is 0.379 e. The van der Waals surface area contributed by atoms with Crippen molar-refractivity contribution in [2.75, 3.05) is 6.61 Å². The number of rotatable bonds is 6. The number of nitrogens with one attached hydrogen (secondary N) is 1. The zero-order chi connectivity index (χ0) is 14.7. The summed E-state index contributed by atoms with van der Waals surface area (Å²) in [5.74, 6) is -0.275. The number of nitrogens with zero attached hydrogens (tertiary/aromatic N) is 1. The number of hydrogen-bond donors (Lipinski definition) is 1. The quantitative estimate of drug-likeness (QED) is 0.591. The second-order valence-corrected chi connectivity index (χ2v) is 6.23. The minimum atomic E-state index is -0.275. The van der Waals surface area contributed by atoms with Crippen LogP contribution < -0.4 is 0 Å². The number of fused-ring (bicyclic) bond motifs is 1. The van der Waals surface area contributed by atoms with Gasteiger partial charge in [0.2, 0.25) is 0 Å². The van der Waals surface area contributed by atoms with E-state index in [1.165, 1.54) is 6.07 Å². The molecule has 0 saturated heterocycles. The molecule has 2 aromatic rings. The van der Waals surface area contributed by atoms with Crippen LogP contribution in [0.25, 0.3) is 11.0 Å². The number of hydrogen-bond acceptors (Lipinski definition) is 2. The van der Waals surface area contributed by atoms with Crippen LogP contribution in [0.2, 0.25) is 0 Å². The summed E-state index contributed by atoms with van der Waals surface area (Å²) in [6, 6.07) is 3.23. The fraction of sp³-hybridized carbons (Fsp3) is 0.500. The van der Waals surface area contributed by atoms with Gasteiger partial charge in [0, 0.05) is 19.2 Å². The van der Waals surface area contributed by atoms with Gasteiger partial charge in [0.25, 0.3) is 0 Å². The van der Waals surface area contributed by atoms with Gasteiger partial charge >= 0.3 is 0 Å². The van der Waals surface area contributed by atoms with Crippen molar-refractivity contribution in [1.82, 2.24) is 9.55 Å². The molecule has 0 aliphatic carbocycles. The van der Waals surface area contributed by atoms with Crippen molar-refractivity contribution in [1.29, 1.82) is 0 Å². The molecule has 0 amide bonds. The standard InChI is InChI=1S/C14H18BrFN2OS/c1-9(2)19-6-4-3-5-18-13-8-11(16)10(15)7-12(13)17-14(18)20/h7-9H,3-6H2,1-2H3,(H,17,20). The molecule has 1 heterocycles. The van der Waals surface area contributed by atoms with Gasteiger partial charge in [-0.25, -0.2) is 4.39 Å². The summed E-state index contributed by atoms with van der Waals surface area (Å²) < 4.78 is 22.2. The molecule has 0 aliphatic heterocycles. The van der Waals surface area contributed by atoms with Crippen LogP contribution in [0.1, 0.15) is 26.7 Å². The van der Waals surface area contributed by atoms with Crippen molar-refractivity contribution >= 4 is 39.2 Å². The van der Waals surface area contributed by atoms with Crippen molar-refractivity contribution in [3.05, 3.63) is 27.2 Å². The maximum Gasteiger partial charge on any atom is 0.178 e. The topological polar surface area (TPSA) is 29.9 Å². The van der Waals surface area contributed by atoms with Crippen LogP contribution in [-0.2, 0) is 11.3 Å². The predicted molar refractivity (Wildman–Crippen MR) is 85.1 cm³/mol. The summed E-state index contributed by atoms with van der Waals surface area (Å²) in [6.45, 7) is 5.56. The van der Waals surface area contributed by atoms with E-state index in [1.54, 1.807) is 6.07 Å². The van der Waals surface area contributed by atoms with E-state index in [4.69, 9.17) is 17.0 Å². The first-order chi connectivity index (χ1) is 9.49. The number of benzene rings is 1. The van der Waals surface area contributed by atoms with Gasteiger partial charge in [-0.1, -0.05) is 0 Å². The Morgan fingerprint density at radius 3 is 2.85 bits per heavy atom. The van der Waals surface area contributed by atoms with Crippen LogP contribution in [0.15, 0.2) is 16.6 Å². The molecule has 0 unspecified atom stereocenters. The van der Waals surface area contributed by atoms with Gasteiger partial charge in [-0.2, -0.15) is 0 Å². The normalized spacial score (nSPS) is 11.7. The van der Waals surface area contributed by atoms with Gasteiger partial charge < -0.3 is 14.3 Å². The molecular weight excluding hydrogens is 343 g/mol. The number of halogens is 2. The van der Waals surface area contributed by atoms with Crippen LogP contribution >= 0.6 is 28.1 Å². The van der Waals surface area contributed by atoms with Crippen molar-refractivity contribution in [2.24, 2.45) is 0 Å². The lowest BCUT2D eigenvalue weighted by Crippen LogP contribution is -2.05. The molecule has 1 aromatic carbocycles. The molecule has 1 aromatic heterocycles. The maximum absolute atomic E-state index is 13.6. The van der Waals surface area contributed by atoms with Gasteiger partial charge in [0.05, 0.1) is 21.6 Å². The van der Waals surface area contributed by atoms with Gasteiger partial charge in [-0.3, -0.25) is 0 Å². The molecule has 2 rings (SSSR count). The van der Waals surface area contributed by atoms with Gasteiger partial charge in [0.15, 0.2) is 4.77 Å². The van der Waals surface area contributed by atoms with Crippen LogP contribution in [0, 0.1) is 10.6 Å². The van der Waals surface area contributed by atoms with Crippen LogP contribution in [-0.4, -0.2) is 22.3 Å². The van der Waals surface area contributed by atoms with Crippen LogP contribution in [0.3, 0.4) is 0 Å². The van der Waals surface area contributed by atoms with Crippen molar-refractivity contribution in [2.45, 2.75) is 39.3 Å². The van der Waals surface area contributed by atoms with Crippen LogP contribution in [0.5, 0.6) is 0 Å². The number of ether oxygens (including phenoxy) is 1. The summed E-state index contributed by atoms with van der Waals surface area (Å²) in [5, 5.41) is 0. The van der Waals surface area contributed by atoms with Crippen molar-refractivity contribution < 1.29 is 9.13 Å². The molecule has 110 valence electrons. The summed E-state index contributed by atoms with van der Waals surface area (Å²) in [5.41, 5.74) is 1.65. The Labute approximate surface area is 131 Å². The van der Waals surface area contributed by atoms with E-state index in [2.05, 4.69) is 20.9 Å². The summed E-state index contributed by atoms with van der Waals surface area (Å²) in [4.78, 5) is 3.10. The molecule has 1 N–H and O–H groups in total. The molecular formula is C14H18BrFN2OS. The fourth-order valence-electron chi connectivity index (χ4n) is 2.06. The van der Waals surface area contributed by atoms with Gasteiger partial charge in [-0.05, 0) is 60.9 Å². The zero-order valence-electron chi connectivity index (χ0n) is 11.6. The summed E-state index contributed by atoms with van der Waals surface area (Å²) >= 11 is 8.48. The third-order valence-corrected chi connectivity index (χ3v) is 3.97. The molecule has 3 nitrogen and oxygen atoms in total. The van der Waals surface area contributed by atoms with Crippen molar-refractivity contribution in [3.63, 3.8) is 0 Å². The number of aryl methyl sites for hydroxylation is 1. The Morgan fingerprint density at radius 1 is 1.40 bits per heavy atom.